The van der Waals surface area contributed by atoms with Crippen LogP contribution in [-0.4, -0.2) is 52.1 Å². The summed E-state index contributed by atoms with van der Waals surface area (Å²) in [6, 6.07) is 8.41. The second kappa shape index (κ2) is 10.0. The number of hydrogen-bond donors (Lipinski definition) is 1. The van der Waals surface area contributed by atoms with Crippen LogP contribution in [-0.2, 0) is 12.3 Å². The molecule has 0 aromatic carbocycles. The molecule has 0 bridgehead atoms. The van der Waals surface area contributed by atoms with E-state index in [1.807, 2.05) is 47.2 Å². The summed E-state index contributed by atoms with van der Waals surface area (Å²) in [4.78, 5) is 11.1. The van der Waals surface area contributed by atoms with Crippen LogP contribution in [0.2, 0.25) is 0 Å². The van der Waals surface area contributed by atoms with Crippen molar-refractivity contribution in [3.63, 3.8) is 0 Å². The molecule has 0 radical (unpaired) electrons. The van der Waals surface area contributed by atoms with Crippen molar-refractivity contribution in [2.45, 2.75) is 12.3 Å². The number of rotatable bonds is 10. The summed E-state index contributed by atoms with van der Waals surface area (Å²) < 4.78 is 8.83. The Morgan fingerprint density at radius 3 is 2.59 bits per heavy atom. The molecule has 3 aromatic heterocycles. The van der Waals surface area contributed by atoms with Crippen LogP contribution in [0.25, 0.3) is 0 Å². The molecule has 27 heavy (non-hydrogen) atoms. The number of nitrogens with one attached hydrogen (secondary N) is 1. The van der Waals surface area contributed by atoms with E-state index in [1.54, 1.807) is 12.4 Å². The van der Waals surface area contributed by atoms with Crippen molar-refractivity contribution >= 4 is 52.1 Å². The standard InChI is InChI=1S/C18H24N6S3/c1-23(2)12-15-4-5-16(26-15)13-25-11-10-20-17-18(22-27-21-17)24(3)14-6-8-19-9-7-14/h4-9H,10-13H2,1-3H3,(H,20,21). The van der Waals surface area contributed by atoms with E-state index < -0.39 is 0 Å². The summed E-state index contributed by atoms with van der Waals surface area (Å²) in [6.45, 7) is 1.88. The Kier molecular flexibility index (Phi) is 7.45. The molecule has 0 atom stereocenters. The van der Waals surface area contributed by atoms with Crippen LogP contribution in [0, 0.1) is 0 Å². The normalized spacial score (nSPS) is 11.1. The zero-order valence-corrected chi connectivity index (χ0v) is 18.2. The summed E-state index contributed by atoms with van der Waals surface area (Å²) in [5.74, 6) is 3.77. The fraction of sp³-hybridized carbons (Fsp3) is 0.389. The van der Waals surface area contributed by atoms with Crippen LogP contribution < -0.4 is 10.2 Å². The van der Waals surface area contributed by atoms with Crippen LogP contribution in [0.3, 0.4) is 0 Å². The molecular formula is C18H24N6S3. The zero-order valence-electron chi connectivity index (χ0n) is 15.8. The van der Waals surface area contributed by atoms with Gasteiger partial charge in [0.1, 0.15) is 0 Å². The van der Waals surface area contributed by atoms with E-state index in [0.717, 1.165) is 41.9 Å². The van der Waals surface area contributed by atoms with E-state index in [-0.39, 0.29) is 0 Å². The quantitative estimate of drug-likeness (QED) is 0.494. The van der Waals surface area contributed by atoms with Crippen molar-refractivity contribution in [2.24, 2.45) is 0 Å². The predicted octanol–water partition coefficient (Wildman–Crippen LogP) is 4.17. The molecule has 144 valence electrons. The predicted molar refractivity (Wildman–Crippen MR) is 119 cm³/mol. The molecule has 0 aliphatic heterocycles. The Morgan fingerprint density at radius 1 is 1.04 bits per heavy atom. The number of pyridine rings is 1. The van der Waals surface area contributed by atoms with Crippen LogP contribution in [0.4, 0.5) is 17.3 Å². The fourth-order valence-electron chi connectivity index (χ4n) is 2.52. The van der Waals surface area contributed by atoms with E-state index in [0.29, 0.717) is 0 Å². The summed E-state index contributed by atoms with van der Waals surface area (Å²) in [7, 11) is 6.20. The largest absolute Gasteiger partial charge is 0.365 e. The van der Waals surface area contributed by atoms with Crippen LogP contribution in [0.15, 0.2) is 36.7 Å². The third-order valence-corrected chi connectivity index (χ3v) is 6.59. The molecular weight excluding hydrogens is 396 g/mol. The topological polar surface area (TPSA) is 57.2 Å². The summed E-state index contributed by atoms with van der Waals surface area (Å²) in [6.07, 6.45) is 3.56. The summed E-state index contributed by atoms with van der Waals surface area (Å²) in [5, 5.41) is 3.42. The number of anilines is 3. The first kappa shape index (κ1) is 20.1. The van der Waals surface area contributed by atoms with Crippen molar-refractivity contribution in [1.29, 1.82) is 0 Å². The smallest absolute Gasteiger partial charge is 0.191 e. The second-order valence-electron chi connectivity index (χ2n) is 6.29. The first-order valence-electron chi connectivity index (χ1n) is 8.63. The Hall–Kier alpha value is -1.68. The monoisotopic (exact) mass is 420 g/mol. The lowest BCUT2D eigenvalue weighted by Gasteiger charge is -2.17. The number of thiophene rings is 1. The molecule has 3 heterocycles. The number of hydrogen-bond acceptors (Lipinski definition) is 9. The lowest BCUT2D eigenvalue weighted by atomic mass is 10.3. The van der Waals surface area contributed by atoms with Gasteiger partial charge in [-0.25, -0.2) is 0 Å². The molecule has 3 rings (SSSR count). The molecule has 0 unspecified atom stereocenters. The molecule has 0 fully saturated rings. The van der Waals surface area contributed by atoms with Crippen LogP contribution in [0.5, 0.6) is 0 Å². The number of nitrogens with zero attached hydrogens (tertiary/aromatic N) is 5. The van der Waals surface area contributed by atoms with Crippen molar-refractivity contribution in [1.82, 2.24) is 18.6 Å². The maximum atomic E-state index is 4.43. The van der Waals surface area contributed by atoms with Gasteiger partial charge < -0.3 is 15.1 Å². The minimum Gasteiger partial charge on any atom is -0.365 e. The van der Waals surface area contributed by atoms with E-state index >= 15 is 0 Å². The maximum Gasteiger partial charge on any atom is 0.191 e. The average Bonchev–Trinajstić information content (AvgIpc) is 3.30. The Bertz CT molecular complexity index is 817. The van der Waals surface area contributed by atoms with Gasteiger partial charge in [-0.05, 0) is 38.4 Å². The highest BCUT2D eigenvalue weighted by molar-refractivity contribution is 7.98. The highest BCUT2D eigenvalue weighted by Gasteiger charge is 2.13. The summed E-state index contributed by atoms with van der Waals surface area (Å²) >= 11 is 5.07. The van der Waals surface area contributed by atoms with E-state index in [4.69, 9.17) is 0 Å². The van der Waals surface area contributed by atoms with Crippen molar-refractivity contribution in [3.8, 4) is 0 Å². The molecule has 1 N–H and O–H groups in total. The van der Waals surface area contributed by atoms with Crippen LogP contribution >= 0.6 is 34.8 Å². The number of thioether (sulfide) groups is 1. The molecule has 0 aliphatic carbocycles. The third kappa shape index (κ3) is 5.90. The van der Waals surface area contributed by atoms with E-state index in [1.165, 1.54) is 21.5 Å². The van der Waals surface area contributed by atoms with Gasteiger partial charge in [0.2, 0.25) is 0 Å². The molecule has 6 nitrogen and oxygen atoms in total. The van der Waals surface area contributed by atoms with Gasteiger partial charge in [0.25, 0.3) is 0 Å². The minimum atomic E-state index is 0.837. The SMILES string of the molecule is CN(C)Cc1ccc(CSCCNc2nsnc2N(C)c2ccncc2)s1. The Labute approximate surface area is 173 Å². The van der Waals surface area contributed by atoms with Crippen molar-refractivity contribution in [2.75, 3.05) is 43.7 Å². The first-order valence-corrected chi connectivity index (χ1v) is 11.3. The second-order valence-corrected chi connectivity index (χ2v) is 9.17. The van der Waals surface area contributed by atoms with Gasteiger partial charge >= 0.3 is 0 Å². The molecule has 0 amide bonds. The molecule has 0 saturated carbocycles. The Balaban J connectivity index is 1.44. The van der Waals surface area contributed by atoms with Gasteiger partial charge in [0.15, 0.2) is 11.6 Å². The lowest BCUT2D eigenvalue weighted by Crippen LogP contribution is -2.13. The van der Waals surface area contributed by atoms with Gasteiger partial charge in [-0.2, -0.15) is 20.5 Å². The fourth-order valence-corrected chi connectivity index (χ4v) is 5.18. The average molecular weight is 421 g/mol. The van der Waals surface area contributed by atoms with Gasteiger partial charge in [-0.1, -0.05) is 0 Å². The molecule has 0 aliphatic rings. The van der Waals surface area contributed by atoms with Crippen LogP contribution in [0.1, 0.15) is 9.75 Å². The number of aromatic nitrogens is 3. The Morgan fingerprint density at radius 2 is 1.81 bits per heavy atom. The molecule has 3 aromatic rings. The van der Waals surface area contributed by atoms with Gasteiger partial charge in [-0.15, -0.1) is 11.3 Å². The van der Waals surface area contributed by atoms with E-state index in [2.05, 4.69) is 50.2 Å². The molecule has 9 heteroatoms. The highest BCUT2D eigenvalue weighted by atomic mass is 32.2. The van der Waals surface area contributed by atoms with Gasteiger partial charge in [-0.3, -0.25) is 4.98 Å². The maximum absolute atomic E-state index is 4.43. The van der Waals surface area contributed by atoms with Crippen molar-refractivity contribution in [3.05, 3.63) is 46.4 Å². The first-order chi connectivity index (χ1) is 13.1. The highest BCUT2D eigenvalue weighted by Crippen LogP contribution is 2.28. The lowest BCUT2D eigenvalue weighted by molar-refractivity contribution is 0.406. The summed E-state index contributed by atoms with van der Waals surface area (Å²) in [5.41, 5.74) is 1.04. The van der Waals surface area contributed by atoms with Gasteiger partial charge in [0, 0.05) is 59.5 Å². The zero-order chi connectivity index (χ0) is 19.1. The molecule has 0 spiro atoms. The third-order valence-electron chi connectivity index (χ3n) is 3.81. The molecule has 0 saturated heterocycles. The van der Waals surface area contributed by atoms with Crippen molar-refractivity contribution < 1.29 is 0 Å². The van der Waals surface area contributed by atoms with E-state index in [9.17, 15) is 0 Å². The van der Waals surface area contributed by atoms with Gasteiger partial charge in [0.05, 0.1) is 11.7 Å². The minimum absolute atomic E-state index is 0.837.